The average Bonchev–Trinajstić information content (AvgIpc) is 1.60. The first kappa shape index (κ1) is 7.07. The van der Waals surface area contributed by atoms with Gasteiger partial charge in [0.2, 0.25) is 0 Å². The molecule has 0 aliphatic heterocycles. The third-order valence-corrected chi connectivity index (χ3v) is 1.80. The molecule has 1 rings (SSSR count). The number of hydrogen-bond acceptors (Lipinski definition) is 1. The Labute approximate surface area is 57.4 Å². The summed E-state index contributed by atoms with van der Waals surface area (Å²) in [7, 11) is 0. The van der Waals surface area contributed by atoms with Crippen molar-refractivity contribution in [1.29, 1.82) is 0 Å². The molecule has 0 bridgehead atoms. The van der Waals surface area contributed by atoms with E-state index in [2.05, 4.69) is 20.8 Å². The highest BCUT2D eigenvalue weighted by atomic mass is 16.5. The van der Waals surface area contributed by atoms with E-state index in [1.54, 1.807) is 0 Å². The summed E-state index contributed by atoms with van der Waals surface area (Å²) in [5, 5.41) is 0. The second-order valence-corrected chi connectivity index (χ2v) is 3.38. The maximum atomic E-state index is 5.56. The lowest BCUT2D eigenvalue weighted by Gasteiger charge is -2.33. The fourth-order valence-electron chi connectivity index (χ4n) is 1.32. The molecule has 1 heteroatoms. The molecule has 0 spiro atoms. The van der Waals surface area contributed by atoms with E-state index in [4.69, 9.17) is 4.74 Å². The molecule has 0 saturated heterocycles. The predicted octanol–water partition coefficient (Wildman–Crippen LogP) is 2.21. The molecule has 54 valence electrons. The second kappa shape index (κ2) is 2.70. The van der Waals surface area contributed by atoms with Crippen LogP contribution in [-0.4, -0.2) is 12.2 Å². The minimum Gasteiger partial charge on any atom is -0.376 e. The van der Waals surface area contributed by atoms with Gasteiger partial charge in [-0.25, -0.2) is 0 Å². The van der Waals surface area contributed by atoms with Gasteiger partial charge in [-0.15, -0.1) is 0 Å². The van der Waals surface area contributed by atoms with Crippen molar-refractivity contribution < 1.29 is 4.74 Å². The predicted molar refractivity (Wildman–Crippen MR) is 38.4 cm³/mol. The van der Waals surface area contributed by atoms with Crippen LogP contribution in [0.15, 0.2) is 0 Å². The van der Waals surface area contributed by atoms with E-state index in [9.17, 15) is 0 Å². The Bertz CT molecular complexity index is 82.6. The molecule has 1 saturated carbocycles. The van der Waals surface area contributed by atoms with Crippen LogP contribution in [0.3, 0.4) is 0 Å². The maximum Gasteiger partial charge on any atom is 0.0583 e. The van der Waals surface area contributed by atoms with E-state index in [1.807, 2.05) is 0 Å². The fraction of sp³-hybridized carbons (Fsp3) is 1.00. The zero-order valence-electron chi connectivity index (χ0n) is 6.55. The molecule has 1 nitrogen and oxygen atoms in total. The van der Waals surface area contributed by atoms with Gasteiger partial charge in [0.05, 0.1) is 12.2 Å². The lowest BCUT2D eigenvalue weighted by atomic mass is 9.84. The van der Waals surface area contributed by atoms with Crippen molar-refractivity contribution in [3.63, 3.8) is 0 Å². The number of rotatable bonds is 2. The standard InChI is InChI=1S/C8H16O/c1-6(2)9-8-4-7(3)5-8/h6-8H,4-5H2,1-3H3/t7-,8-. The van der Waals surface area contributed by atoms with Gasteiger partial charge in [-0.3, -0.25) is 0 Å². The van der Waals surface area contributed by atoms with E-state index in [1.165, 1.54) is 12.8 Å². The third kappa shape index (κ3) is 1.98. The van der Waals surface area contributed by atoms with Gasteiger partial charge in [0.25, 0.3) is 0 Å². The van der Waals surface area contributed by atoms with Gasteiger partial charge < -0.3 is 4.74 Å². The Morgan fingerprint density at radius 1 is 1.33 bits per heavy atom. The van der Waals surface area contributed by atoms with Crippen LogP contribution in [-0.2, 0) is 4.74 Å². The molecule has 1 aliphatic rings. The Morgan fingerprint density at radius 3 is 2.22 bits per heavy atom. The van der Waals surface area contributed by atoms with Crippen LogP contribution in [0, 0.1) is 5.92 Å². The lowest BCUT2D eigenvalue weighted by molar-refractivity contribution is -0.0576. The van der Waals surface area contributed by atoms with Crippen LogP contribution in [0.1, 0.15) is 33.6 Å². The summed E-state index contributed by atoms with van der Waals surface area (Å²) < 4.78 is 5.56. The topological polar surface area (TPSA) is 9.23 Å². The summed E-state index contributed by atoms with van der Waals surface area (Å²) in [5.41, 5.74) is 0. The highest BCUT2D eigenvalue weighted by molar-refractivity contribution is 4.76. The van der Waals surface area contributed by atoms with E-state index < -0.39 is 0 Å². The minimum absolute atomic E-state index is 0.419. The molecule has 1 fully saturated rings. The zero-order chi connectivity index (χ0) is 6.85. The van der Waals surface area contributed by atoms with Gasteiger partial charge in [0.1, 0.15) is 0 Å². The van der Waals surface area contributed by atoms with Gasteiger partial charge in [0.15, 0.2) is 0 Å². The molecule has 0 aromatic rings. The first-order valence-electron chi connectivity index (χ1n) is 3.84. The molecule has 0 amide bonds. The lowest BCUT2D eigenvalue weighted by Crippen LogP contribution is -2.31. The van der Waals surface area contributed by atoms with Crippen molar-refractivity contribution in [3.05, 3.63) is 0 Å². The van der Waals surface area contributed by atoms with Crippen molar-refractivity contribution in [2.75, 3.05) is 0 Å². The fourth-order valence-corrected chi connectivity index (χ4v) is 1.32. The van der Waals surface area contributed by atoms with E-state index >= 15 is 0 Å². The van der Waals surface area contributed by atoms with Crippen LogP contribution in [0.25, 0.3) is 0 Å². The van der Waals surface area contributed by atoms with Gasteiger partial charge >= 0.3 is 0 Å². The van der Waals surface area contributed by atoms with Crippen molar-refractivity contribution in [1.82, 2.24) is 0 Å². The molecule has 0 aromatic carbocycles. The largest absolute Gasteiger partial charge is 0.376 e. The highest BCUT2D eigenvalue weighted by Crippen LogP contribution is 2.29. The highest BCUT2D eigenvalue weighted by Gasteiger charge is 2.26. The molecule has 1 aliphatic carbocycles. The smallest absolute Gasteiger partial charge is 0.0583 e. The Hall–Kier alpha value is -0.0400. The summed E-state index contributed by atoms with van der Waals surface area (Å²) in [6.07, 6.45) is 3.55. The van der Waals surface area contributed by atoms with Crippen LogP contribution in [0.4, 0.5) is 0 Å². The normalized spacial score (nSPS) is 34.7. The van der Waals surface area contributed by atoms with Crippen LogP contribution in [0.2, 0.25) is 0 Å². The third-order valence-electron chi connectivity index (χ3n) is 1.80. The van der Waals surface area contributed by atoms with Crippen molar-refractivity contribution in [2.24, 2.45) is 5.92 Å². The number of ether oxygens (including phenoxy) is 1. The first-order valence-corrected chi connectivity index (χ1v) is 3.84. The summed E-state index contributed by atoms with van der Waals surface area (Å²) in [6.45, 7) is 6.48. The van der Waals surface area contributed by atoms with Crippen LogP contribution < -0.4 is 0 Å². The van der Waals surface area contributed by atoms with E-state index in [-0.39, 0.29) is 0 Å². The van der Waals surface area contributed by atoms with Gasteiger partial charge in [-0.05, 0) is 32.6 Å². The van der Waals surface area contributed by atoms with Gasteiger partial charge in [-0.2, -0.15) is 0 Å². The molecule has 0 atom stereocenters. The molecule has 0 N–H and O–H groups in total. The van der Waals surface area contributed by atoms with Crippen LogP contribution in [0.5, 0.6) is 0 Å². The first-order chi connectivity index (χ1) is 4.18. The van der Waals surface area contributed by atoms with Gasteiger partial charge in [-0.1, -0.05) is 6.92 Å². The molecule has 0 aromatic heterocycles. The zero-order valence-corrected chi connectivity index (χ0v) is 6.55. The van der Waals surface area contributed by atoms with Crippen molar-refractivity contribution >= 4 is 0 Å². The Balaban J connectivity index is 2.04. The summed E-state index contributed by atoms with van der Waals surface area (Å²) in [5.74, 6) is 0.911. The monoisotopic (exact) mass is 128 g/mol. The van der Waals surface area contributed by atoms with Crippen LogP contribution >= 0.6 is 0 Å². The summed E-state index contributed by atoms with van der Waals surface area (Å²) in [6, 6.07) is 0. The molecular weight excluding hydrogens is 112 g/mol. The minimum atomic E-state index is 0.419. The number of hydrogen-bond donors (Lipinski definition) is 0. The molecule has 0 radical (unpaired) electrons. The molecular formula is C8H16O. The Morgan fingerprint density at radius 2 is 1.89 bits per heavy atom. The van der Waals surface area contributed by atoms with Crippen molar-refractivity contribution in [3.8, 4) is 0 Å². The summed E-state index contributed by atoms with van der Waals surface area (Å²) >= 11 is 0. The maximum absolute atomic E-state index is 5.56. The summed E-state index contributed by atoms with van der Waals surface area (Å²) in [4.78, 5) is 0. The van der Waals surface area contributed by atoms with Crippen molar-refractivity contribution in [2.45, 2.75) is 45.8 Å². The molecule has 0 heterocycles. The SMILES string of the molecule is CC(C)O[C@H]1C[C@H](C)C1. The quantitative estimate of drug-likeness (QED) is 0.554. The average molecular weight is 128 g/mol. The van der Waals surface area contributed by atoms with Gasteiger partial charge in [0, 0.05) is 0 Å². The van der Waals surface area contributed by atoms with E-state index in [0.717, 1.165) is 5.92 Å². The second-order valence-electron chi connectivity index (χ2n) is 3.38. The molecule has 0 unspecified atom stereocenters. The molecule has 9 heavy (non-hydrogen) atoms. The van der Waals surface area contributed by atoms with E-state index in [0.29, 0.717) is 12.2 Å². The Kier molecular flexibility index (Phi) is 2.12.